The number of allylic oxidation sites excluding steroid dienone is 2. The van der Waals surface area contributed by atoms with Crippen LogP contribution in [0.15, 0.2) is 11.6 Å². The summed E-state index contributed by atoms with van der Waals surface area (Å²) in [6, 6.07) is 0. The second kappa shape index (κ2) is 8.07. The average molecular weight is 461 g/mol. The van der Waals surface area contributed by atoms with Gasteiger partial charge in [-0.25, -0.2) is 0 Å². The summed E-state index contributed by atoms with van der Waals surface area (Å²) in [6.45, 7) is 18.3. The second-order valence-electron chi connectivity index (χ2n) is 14.5. The predicted octanol–water partition coefficient (Wildman–Crippen LogP) is 6.50. The summed E-state index contributed by atoms with van der Waals surface area (Å²) in [5.74, 6) is 1.31. The molecule has 33 heavy (non-hydrogen) atoms. The van der Waals surface area contributed by atoms with Crippen molar-refractivity contribution in [1.29, 1.82) is 0 Å². The third-order valence-corrected chi connectivity index (χ3v) is 12.4. The van der Waals surface area contributed by atoms with Crippen LogP contribution in [0.25, 0.3) is 0 Å². The van der Waals surface area contributed by atoms with Crippen molar-refractivity contribution in [3.05, 3.63) is 11.6 Å². The van der Waals surface area contributed by atoms with E-state index in [1.165, 1.54) is 18.4 Å². The second-order valence-corrected chi connectivity index (χ2v) is 14.5. The molecular formula is C30H52O3. The van der Waals surface area contributed by atoms with Crippen molar-refractivity contribution >= 4 is 0 Å². The lowest BCUT2D eigenvalue weighted by atomic mass is 9.35. The van der Waals surface area contributed by atoms with E-state index in [4.69, 9.17) is 0 Å². The van der Waals surface area contributed by atoms with Crippen LogP contribution in [0.1, 0.15) is 113 Å². The van der Waals surface area contributed by atoms with Gasteiger partial charge in [-0.15, -0.1) is 0 Å². The van der Waals surface area contributed by atoms with Crippen LogP contribution in [0, 0.1) is 45.3 Å². The highest BCUT2D eigenvalue weighted by molar-refractivity contribution is 5.20. The van der Waals surface area contributed by atoms with E-state index >= 15 is 0 Å². The zero-order valence-electron chi connectivity index (χ0n) is 22.7. The normalized spacial score (nSPS) is 50.5. The van der Waals surface area contributed by atoms with Crippen LogP contribution in [-0.4, -0.2) is 33.1 Å². The molecule has 0 saturated heterocycles. The summed E-state index contributed by atoms with van der Waals surface area (Å²) >= 11 is 0. The quantitative estimate of drug-likeness (QED) is 0.420. The molecule has 0 heterocycles. The summed E-state index contributed by atoms with van der Waals surface area (Å²) in [4.78, 5) is 0. The van der Waals surface area contributed by atoms with Gasteiger partial charge in [-0.1, -0.05) is 46.3 Å². The van der Waals surface area contributed by atoms with Gasteiger partial charge in [-0.2, -0.15) is 0 Å². The first-order valence-electron chi connectivity index (χ1n) is 13.8. The lowest BCUT2D eigenvalue weighted by Gasteiger charge is -2.70. The van der Waals surface area contributed by atoms with Crippen LogP contribution in [0.2, 0.25) is 0 Å². The fraction of sp³-hybridized carbons (Fsp3) is 0.933. The Morgan fingerprint density at radius 2 is 1.55 bits per heavy atom. The monoisotopic (exact) mass is 460 g/mol. The molecule has 0 bridgehead atoms. The van der Waals surface area contributed by atoms with E-state index in [0.29, 0.717) is 11.8 Å². The van der Waals surface area contributed by atoms with Gasteiger partial charge in [-0.05, 0) is 124 Å². The van der Waals surface area contributed by atoms with Gasteiger partial charge in [0.2, 0.25) is 0 Å². The molecule has 3 nitrogen and oxygen atoms in total. The van der Waals surface area contributed by atoms with E-state index in [-0.39, 0.29) is 45.7 Å². The lowest BCUT2D eigenvalue weighted by Crippen LogP contribution is -2.66. The number of aliphatic hydroxyl groups is 3. The fourth-order valence-corrected chi connectivity index (χ4v) is 10.3. The lowest BCUT2D eigenvalue weighted by molar-refractivity contribution is -0.246. The Bertz CT molecular complexity index is 779. The molecule has 3 heteroatoms. The minimum Gasteiger partial charge on any atom is -0.393 e. The molecule has 4 fully saturated rings. The summed E-state index contributed by atoms with van der Waals surface area (Å²) in [7, 11) is 0. The molecule has 4 aliphatic carbocycles. The summed E-state index contributed by atoms with van der Waals surface area (Å²) in [5, 5.41) is 34.3. The van der Waals surface area contributed by atoms with Gasteiger partial charge in [0, 0.05) is 0 Å². The first kappa shape index (κ1) is 25.7. The van der Waals surface area contributed by atoms with Crippen LogP contribution in [0.3, 0.4) is 0 Å². The molecule has 2 unspecified atom stereocenters. The highest BCUT2D eigenvalue weighted by atomic mass is 16.3. The highest BCUT2D eigenvalue weighted by Crippen LogP contribution is 2.75. The van der Waals surface area contributed by atoms with Gasteiger partial charge >= 0.3 is 0 Å². The molecule has 0 radical (unpaired) electrons. The number of aliphatic hydroxyl groups excluding tert-OH is 2. The number of hydrogen-bond donors (Lipinski definition) is 3. The summed E-state index contributed by atoms with van der Waals surface area (Å²) < 4.78 is 0. The first-order valence-corrected chi connectivity index (χ1v) is 13.8. The van der Waals surface area contributed by atoms with E-state index in [1.807, 2.05) is 6.92 Å². The van der Waals surface area contributed by atoms with E-state index in [9.17, 15) is 15.3 Å². The van der Waals surface area contributed by atoms with E-state index in [1.54, 1.807) is 0 Å². The summed E-state index contributed by atoms with van der Waals surface area (Å²) in [6.07, 6.45) is 10.6. The van der Waals surface area contributed by atoms with Crippen molar-refractivity contribution in [2.24, 2.45) is 45.3 Å². The number of hydrogen-bond acceptors (Lipinski definition) is 3. The standard InChI is InChI=1S/C30H52O3/c1-19(2)10-9-14-30(8,33)20-11-16-29(7)25(20)21(31)18-23-27(5)15-13-24(32)26(3,4)22(27)12-17-28(23,29)6/h10,20-25,31-33H,9,11-18H2,1-8H3/t20-,21?,22-,23+,24?,25-,27-,28+,29+,30-/m0/s1. The van der Waals surface area contributed by atoms with Crippen molar-refractivity contribution in [2.45, 2.75) is 131 Å². The molecule has 0 aromatic heterocycles. The first-order chi connectivity index (χ1) is 15.1. The molecular weight excluding hydrogens is 408 g/mol. The third-order valence-electron chi connectivity index (χ3n) is 12.4. The maximum absolute atomic E-state index is 11.8. The molecule has 0 spiro atoms. The Balaban J connectivity index is 1.66. The number of fused-ring (bicyclic) bond motifs is 5. The van der Waals surface area contributed by atoms with Crippen molar-refractivity contribution in [3.63, 3.8) is 0 Å². The molecule has 4 rings (SSSR count). The fourth-order valence-electron chi connectivity index (χ4n) is 10.3. The average Bonchev–Trinajstić information content (AvgIpc) is 3.08. The van der Waals surface area contributed by atoms with Crippen molar-refractivity contribution in [3.8, 4) is 0 Å². The zero-order valence-corrected chi connectivity index (χ0v) is 22.7. The smallest absolute Gasteiger partial charge is 0.0654 e. The molecule has 0 aromatic carbocycles. The topological polar surface area (TPSA) is 60.7 Å². The molecule has 4 saturated carbocycles. The third kappa shape index (κ3) is 3.61. The van der Waals surface area contributed by atoms with E-state index in [0.717, 1.165) is 44.9 Å². The maximum Gasteiger partial charge on any atom is 0.0654 e. The Morgan fingerprint density at radius 3 is 2.18 bits per heavy atom. The minimum absolute atomic E-state index is 0.0503. The maximum atomic E-state index is 11.8. The van der Waals surface area contributed by atoms with E-state index < -0.39 is 5.60 Å². The Morgan fingerprint density at radius 1 is 0.909 bits per heavy atom. The van der Waals surface area contributed by atoms with Crippen LogP contribution in [0.4, 0.5) is 0 Å². The van der Waals surface area contributed by atoms with Crippen molar-refractivity contribution < 1.29 is 15.3 Å². The molecule has 190 valence electrons. The van der Waals surface area contributed by atoms with Crippen molar-refractivity contribution in [1.82, 2.24) is 0 Å². The molecule has 0 aliphatic heterocycles. The van der Waals surface area contributed by atoms with Crippen LogP contribution >= 0.6 is 0 Å². The van der Waals surface area contributed by atoms with Crippen LogP contribution in [0.5, 0.6) is 0 Å². The molecule has 0 amide bonds. The van der Waals surface area contributed by atoms with Crippen molar-refractivity contribution in [2.75, 3.05) is 0 Å². The molecule has 3 N–H and O–H groups in total. The highest BCUT2D eigenvalue weighted by Gasteiger charge is 2.71. The van der Waals surface area contributed by atoms with Crippen LogP contribution < -0.4 is 0 Å². The number of rotatable bonds is 4. The minimum atomic E-state index is -0.739. The Kier molecular flexibility index (Phi) is 6.28. The van der Waals surface area contributed by atoms with E-state index in [2.05, 4.69) is 54.5 Å². The SMILES string of the molecule is CC(C)=CCC[C@](C)(O)[C@H]1CC[C@]2(C)[C@@H]1C(O)C[C@@H]1[C@@]3(C)CCC(O)C(C)(C)[C@@H]3CC[C@]12C. The van der Waals surface area contributed by atoms with Crippen LogP contribution in [-0.2, 0) is 0 Å². The zero-order chi connectivity index (χ0) is 24.6. The molecule has 4 aliphatic rings. The molecule has 0 aromatic rings. The largest absolute Gasteiger partial charge is 0.393 e. The van der Waals surface area contributed by atoms with Gasteiger partial charge in [0.15, 0.2) is 0 Å². The van der Waals surface area contributed by atoms with Gasteiger partial charge in [-0.3, -0.25) is 0 Å². The Labute approximate surface area is 203 Å². The van der Waals surface area contributed by atoms with Gasteiger partial charge in [0.1, 0.15) is 0 Å². The van der Waals surface area contributed by atoms with Gasteiger partial charge in [0.05, 0.1) is 17.8 Å². The summed E-state index contributed by atoms with van der Waals surface area (Å²) in [5.41, 5.74) is 0.885. The Hall–Kier alpha value is -0.380. The van der Waals surface area contributed by atoms with Gasteiger partial charge in [0.25, 0.3) is 0 Å². The van der Waals surface area contributed by atoms with Gasteiger partial charge < -0.3 is 15.3 Å². The predicted molar refractivity (Wildman–Crippen MR) is 136 cm³/mol. The molecule has 10 atom stereocenters.